The van der Waals surface area contributed by atoms with E-state index in [0.717, 1.165) is 11.0 Å². The predicted molar refractivity (Wildman–Crippen MR) is 106 cm³/mol. The minimum absolute atomic E-state index is 0.122. The van der Waals surface area contributed by atoms with Gasteiger partial charge in [0.1, 0.15) is 0 Å². The van der Waals surface area contributed by atoms with Crippen LogP contribution in [0.3, 0.4) is 0 Å². The highest BCUT2D eigenvalue weighted by Gasteiger charge is 2.39. The standard InChI is InChI=1S/C20H20F5N7O2/c21-19(22)3-1-13(2-4-19)17(15-10-31-16(28-15)7-12(11-33)8-26-31)29-18(34)14-9-27-32(30-14)6-5-20(23,24)25/h7-11,13,17H,1-6H2,(H,29,34). The largest absolute Gasteiger partial charge is 0.390 e. The third-order valence-corrected chi connectivity index (χ3v) is 5.70. The number of imidazole rings is 1. The molecule has 0 radical (unpaired) electrons. The summed E-state index contributed by atoms with van der Waals surface area (Å²) in [5.74, 6) is -3.88. The van der Waals surface area contributed by atoms with Gasteiger partial charge in [-0.15, -0.1) is 5.10 Å². The first-order valence-corrected chi connectivity index (χ1v) is 10.5. The van der Waals surface area contributed by atoms with E-state index in [0.29, 0.717) is 17.6 Å². The van der Waals surface area contributed by atoms with E-state index in [4.69, 9.17) is 0 Å². The number of nitrogens with zero attached hydrogens (tertiary/aromatic N) is 6. The number of aromatic nitrogens is 6. The average Bonchev–Trinajstić information content (AvgIpc) is 3.42. The molecule has 0 aliphatic heterocycles. The fourth-order valence-electron chi connectivity index (χ4n) is 3.90. The van der Waals surface area contributed by atoms with Crippen molar-refractivity contribution < 1.29 is 31.5 Å². The van der Waals surface area contributed by atoms with Gasteiger partial charge in [-0.05, 0) is 24.8 Å². The quantitative estimate of drug-likeness (QED) is 0.406. The van der Waals surface area contributed by atoms with Gasteiger partial charge in [0, 0.05) is 18.4 Å². The summed E-state index contributed by atoms with van der Waals surface area (Å²) in [5, 5.41) is 14.3. The van der Waals surface area contributed by atoms with Crippen molar-refractivity contribution in [2.24, 2.45) is 5.92 Å². The van der Waals surface area contributed by atoms with E-state index in [9.17, 15) is 31.5 Å². The van der Waals surface area contributed by atoms with Crippen molar-refractivity contribution in [2.45, 2.75) is 56.8 Å². The summed E-state index contributed by atoms with van der Waals surface area (Å²) in [7, 11) is 0. The summed E-state index contributed by atoms with van der Waals surface area (Å²) in [6.07, 6.45) is -1.50. The molecule has 14 heteroatoms. The monoisotopic (exact) mass is 485 g/mol. The van der Waals surface area contributed by atoms with Gasteiger partial charge in [-0.25, -0.2) is 18.3 Å². The molecule has 3 heterocycles. The molecule has 4 rings (SSSR count). The second kappa shape index (κ2) is 9.06. The molecule has 9 nitrogen and oxygen atoms in total. The number of hydrogen-bond acceptors (Lipinski definition) is 6. The summed E-state index contributed by atoms with van der Waals surface area (Å²) in [6, 6.07) is 0.703. The number of carbonyl (C=O) groups excluding carboxylic acids is 2. The topological polar surface area (TPSA) is 107 Å². The van der Waals surface area contributed by atoms with Gasteiger partial charge in [-0.2, -0.15) is 28.2 Å². The fourth-order valence-corrected chi connectivity index (χ4v) is 3.90. The zero-order valence-electron chi connectivity index (χ0n) is 17.7. The van der Waals surface area contributed by atoms with Gasteiger partial charge in [0.05, 0.1) is 43.3 Å². The van der Waals surface area contributed by atoms with Crippen molar-refractivity contribution in [1.82, 2.24) is 34.9 Å². The second-order valence-corrected chi connectivity index (χ2v) is 8.21. The van der Waals surface area contributed by atoms with Crippen LogP contribution in [0.15, 0.2) is 24.7 Å². The van der Waals surface area contributed by atoms with E-state index >= 15 is 0 Å². The maximum absolute atomic E-state index is 13.7. The molecule has 1 N–H and O–H groups in total. The Hall–Kier alpha value is -3.45. The number of aryl methyl sites for hydroxylation is 1. The molecule has 0 saturated heterocycles. The summed E-state index contributed by atoms with van der Waals surface area (Å²) in [5.41, 5.74) is 0.762. The Morgan fingerprint density at radius 2 is 1.97 bits per heavy atom. The van der Waals surface area contributed by atoms with E-state index in [1.54, 1.807) is 0 Å². The lowest BCUT2D eigenvalue weighted by Gasteiger charge is -2.33. The number of alkyl halides is 5. The first kappa shape index (κ1) is 23.7. The van der Waals surface area contributed by atoms with E-state index < -0.39 is 37.0 Å². The van der Waals surface area contributed by atoms with Crippen LogP contribution in [0.1, 0.15) is 64.7 Å². The number of fused-ring (bicyclic) bond motifs is 1. The van der Waals surface area contributed by atoms with Crippen LogP contribution in [0.25, 0.3) is 5.65 Å². The van der Waals surface area contributed by atoms with Crippen LogP contribution in [-0.2, 0) is 6.54 Å². The third-order valence-electron chi connectivity index (χ3n) is 5.70. The molecule has 3 aromatic rings. The van der Waals surface area contributed by atoms with Gasteiger partial charge < -0.3 is 5.32 Å². The lowest BCUT2D eigenvalue weighted by molar-refractivity contribution is -0.137. The molecule has 34 heavy (non-hydrogen) atoms. The van der Waals surface area contributed by atoms with Crippen LogP contribution < -0.4 is 5.32 Å². The Morgan fingerprint density at radius 1 is 1.24 bits per heavy atom. The molecule has 0 aromatic carbocycles. The van der Waals surface area contributed by atoms with Gasteiger partial charge in [0.15, 0.2) is 17.6 Å². The SMILES string of the molecule is O=Cc1cnn2cc(C(NC(=O)c3cnn(CCC(F)(F)F)n3)C3CCC(F)(F)CC3)nc2c1. The maximum atomic E-state index is 13.7. The Balaban J connectivity index is 1.57. The number of aldehydes is 1. The number of rotatable bonds is 7. The average molecular weight is 485 g/mol. The highest BCUT2D eigenvalue weighted by molar-refractivity contribution is 5.92. The van der Waals surface area contributed by atoms with Gasteiger partial charge in [-0.3, -0.25) is 9.59 Å². The highest BCUT2D eigenvalue weighted by atomic mass is 19.4. The van der Waals surface area contributed by atoms with Crippen LogP contribution in [0.4, 0.5) is 22.0 Å². The summed E-state index contributed by atoms with van der Waals surface area (Å²) in [6.45, 7) is -0.547. The minimum Gasteiger partial charge on any atom is -0.342 e. The highest BCUT2D eigenvalue weighted by Crippen LogP contribution is 2.41. The van der Waals surface area contributed by atoms with Crippen LogP contribution >= 0.6 is 0 Å². The van der Waals surface area contributed by atoms with Crippen LogP contribution in [0.5, 0.6) is 0 Å². The molecule has 1 aliphatic carbocycles. The fraction of sp³-hybridized carbons (Fsp3) is 0.500. The van der Waals surface area contributed by atoms with E-state index in [-0.39, 0.29) is 42.9 Å². The van der Waals surface area contributed by atoms with Crippen molar-refractivity contribution in [2.75, 3.05) is 0 Å². The lowest BCUT2D eigenvalue weighted by Crippen LogP contribution is -2.37. The number of halogens is 5. The Labute approximate surface area is 189 Å². The Kier molecular flexibility index (Phi) is 6.32. The van der Waals surface area contributed by atoms with Gasteiger partial charge in [0.25, 0.3) is 5.91 Å². The minimum atomic E-state index is -4.40. The lowest BCUT2D eigenvalue weighted by atomic mass is 9.81. The number of hydrogen-bond donors (Lipinski definition) is 1. The van der Waals surface area contributed by atoms with Gasteiger partial charge >= 0.3 is 6.18 Å². The molecule has 1 saturated carbocycles. The van der Waals surface area contributed by atoms with Crippen LogP contribution in [0, 0.1) is 5.92 Å². The number of amides is 1. The first-order valence-electron chi connectivity index (χ1n) is 10.5. The summed E-state index contributed by atoms with van der Waals surface area (Å²) >= 11 is 0. The summed E-state index contributed by atoms with van der Waals surface area (Å²) < 4.78 is 66.1. The van der Waals surface area contributed by atoms with Crippen molar-refractivity contribution >= 4 is 17.8 Å². The molecular formula is C20H20F5N7O2. The normalized spacial score (nSPS) is 17.6. The molecule has 1 unspecified atom stereocenters. The molecule has 1 amide bonds. The third kappa shape index (κ3) is 5.54. The van der Waals surface area contributed by atoms with Crippen LogP contribution in [0.2, 0.25) is 0 Å². The Morgan fingerprint density at radius 3 is 2.65 bits per heavy atom. The molecule has 3 aromatic heterocycles. The molecule has 182 valence electrons. The number of nitrogens with one attached hydrogen (secondary N) is 1. The van der Waals surface area contributed by atoms with Crippen molar-refractivity contribution in [3.8, 4) is 0 Å². The molecule has 1 aliphatic rings. The van der Waals surface area contributed by atoms with Gasteiger partial charge in [-0.1, -0.05) is 0 Å². The molecule has 0 bridgehead atoms. The molecule has 1 atom stereocenters. The molecule has 0 spiro atoms. The summed E-state index contributed by atoms with van der Waals surface area (Å²) in [4.78, 5) is 29.0. The van der Waals surface area contributed by atoms with Crippen molar-refractivity contribution in [3.05, 3.63) is 41.6 Å². The predicted octanol–water partition coefficient (Wildman–Crippen LogP) is 3.38. The maximum Gasteiger partial charge on any atom is 0.390 e. The number of carbonyl (C=O) groups is 2. The van der Waals surface area contributed by atoms with Crippen LogP contribution in [-0.4, -0.2) is 53.9 Å². The molecular weight excluding hydrogens is 465 g/mol. The first-order chi connectivity index (χ1) is 16.0. The van der Waals surface area contributed by atoms with Crippen molar-refractivity contribution in [1.29, 1.82) is 0 Å². The molecule has 1 fully saturated rings. The van der Waals surface area contributed by atoms with Gasteiger partial charge in [0.2, 0.25) is 5.92 Å². The zero-order chi connectivity index (χ0) is 24.5. The van der Waals surface area contributed by atoms with E-state index in [1.165, 1.54) is 23.0 Å². The smallest absolute Gasteiger partial charge is 0.342 e. The zero-order valence-corrected chi connectivity index (χ0v) is 17.7. The van der Waals surface area contributed by atoms with E-state index in [2.05, 4.69) is 25.6 Å². The van der Waals surface area contributed by atoms with E-state index in [1.807, 2.05) is 0 Å². The van der Waals surface area contributed by atoms with Crippen molar-refractivity contribution in [3.63, 3.8) is 0 Å². The second-order valence-electron chi connectivity index (χ2n) is 8.21. The Bertz CT molecular complexity index is 1180.